The number of aromatic carboxylic acids is 1. The SMILES string of the molecule is CCC(C)(C)Cc1cc(C=O)sc1C(=O)O. The number of rotatable bonds is 5. The van der Waals surface area contributed by atoms with Crippen LogP contribution in [0.2, 0.25) is 0 Å². The Balaban J connectivity index is 3.07. The first-order chi connectivity index (χ1) is 7.39. The summed E-state index contributed by atoms with van der Waals surface area (Å²) >= 11 is 1.05. The summed E-state index contributed by atoms with van der Waals surface area (Å²) < 4.78 is 0. The van der Waals surface area contributed by atoms with Crippen molar-refractivity contribution in [2.24, 2.45) is 5.41 Å². The van der Waals surface area contributed by atoms with Crippen LogP contribution in [0.25, 0.3) is 0 Å². The lowest BCUT2D eigenvalue weighted by Crippen LogP contribution is -2.14. The fraction of sp³-hybridized carbons (Fsp3) is 0.500. The van der Waals surface area contributed by atoms with Crippen molar-refractivity contribution in [2.45, 2.75) is 33.6 Å². The Bertz CT molecular complexity index is 404. The van der Waals surface area contributed by atoms with E-state index in [0.29, 0.717) is 22.5 Å². The van der Waals surface area contributed by atoms with Crippen molar-refractivity contribution in [3.05, 3.63) is 21.4 Å². The molecule has 0 spiro atoms. The van der Waals surface area contributed by atoms with Gasteiger partial charge in [-0.3, -0.25) is 4.79 Å². The van der Waals surface area contributed by atoms with Crippen LogP contribution >= 0.6 is 11.3 Å². The number of thiophene rings is 1. The number of carboxylic acids is 1. The second-order valence-electron chi connectivity index (χ2n) is 4.62. The van der Waals surface area contributed by atoms with E-state index in [0.717, 1.165) is 23.3 Å². The van der Waals surface area contributed by atoms with Gasteiger partial charge in [0.05, 0.1) is 4.88 Å². The van der Waals surface area contributed by atoms with Gasteiger partial charge >= 0.3 is 5.97 Å². The first kappa shape index (κ1) is 12.9. The van der Waals surface area contributed by atoms with Crippen molar-refractivity contribution in [2.75, 3.05) is 0 Å². The van der Waals surface area contributed by atoms with Crippen LogP contribution in [0.1, 0.15) is 52.1 Å². The largest absolute Gasteiger partial charge is 0.477 e. The van der Waals surface area contributed by atoms with Crippen molar-refractivity contribution >= 4 is 23.6 Å². The Kier molecular flexibility index (Phi) is 3.86. The zero-order valence-corrected chi connectivity index (χ0v) is 10.6. The van der Waals surface area contributed by atoms with Gasteiger partial charge in [-0.1, -0.05) is 27.2 Å². The van der Waals surface area contributed by atoms with Gasteiger partial charge in [0, 0.05) is 0 Å². The van der Waals surface area contributed by atoms with Crippen molar-refractivity contribution in [3.8, 4) is 0 Å². The lowest BCUT2D eigenvalue weighted by Gasteiger charge is -2.22. The predicted octanol–water partition coefficient (Wildman–Crippen LogP) is 3.24. The van der Waals surface area contributed by atoms with E-state index < -0.39 is 5.97 Å². The topological polar surface area (TPSA) is 54.4 Å². The van der Waals surface area contributed by atoms with Crippen LogP contribution in [0.5, 0.6) is 0 Å². The van der Waals surface area contributed by atoms with Crippen molar-refractivity contribution in [1.82, 2.24) is 0 Å². The van der Waals surface area contributed by atoms with E-state index in [1.54, 1.807) is 6.07 Å². The first-order valence-electron chi connectivity index (χ1n) is 5.21. The Morgan fingerprint density at radius 2 is 2.19 bits per heavy atom. The van der Waals surface area contributed by atoms with Crippen molar-refractivity contribution in [3.63, 3.8) is 0 Å². The summed E-state index contributed by atoms with van der Waals surface area (Å²) in [5.74, 6) is -0.944. The highest BCUT2D eigenvalue weighted by atomic mass is 32.1. The zero-order chi connectivity index (χ0) is 12.3. The molecule has 0 saturated heterocycles. The van der Waals surface area contributed by atoms with Gasteiger partial charge in [0.1, 0.15) is 4.88 Å². The molecule has 1 aromatic heterocycles. The highest BCUT2D eigenvalue weighted by molar-refractivity contribution is 7.15. The molecule has 16 heavy (non-hydrogen) atoms. The maximum atomic E-state index is 11.0. The van der Waals surface area contributed by atoms with E-state index in [-0.39, 0.29) is 5.41 Å². The van der Waals surface area contributed by atoms with Gasteiger partial charge in [0.25, 0.3) is 0 Å². The molecule has 0 saturated carbocycles. The summed E-state index contributed by atoms with van der Waals surface area (Å²) in [6.45, 7) is 6.27. The fourth-order valence-electron chi connectivity index (χ4n) is 1.46. The molecule has 88 valence electrons. The predicted molar refractivity (Wildman–Crippen MR) is 64.4 cm³/mol. The third-order valence-electron chi connectivity index (χ3n) is 2.76. The lowest BCUT2D eigenvalue weighted by atomic mass is 9.83. The zero-order valence-electron chi connectivity index (χ0n) is 9.74. The molecule has 0 amide bonds. The molecular weight excluding hydrogens is 224 g/mol. The molecule has 0 aliphatic rings. The van der Waals surface area contributed by atoms with E-state index in [9.17, 15) is 9.59 Å². The smallest absolute Gasteiger partial charge is 0.346 e. The van der Waals surface area contributed by atoms with Gasteiger partial charge < -0.3 is 5.11 Å². The minimum absolute atomic E-state index is 0.0609. The second kappa shape index (κ2) is 4.78. The highest BCUT2D eigenvalue weighted by Crippen LogP contribution is 2.30. The van der Waals surface area contributed by atoms with Gasteiger partial charge in [0.2, 0.25) is 0 Å². The number of carbonyl (C=O) groups is 2. The molecule has 3 nitrogen and oxygen atoms in total. The molecule has 0 bridgehead atoms. The van der Waals surface area contributed by atoms with Crippen LogP contribution in [0.3, 0.4) is 0 Å². The first-order valence-corrected chi connectivity index (χ1v) is 6.02. The lowest BCUT2D eigenvalue weighted by molar-refractivity contribution is 0.0700. The monoisotopic (exact) mass is 240 g/mol. The third-order valence-corrected chi connectivity index (χ3v) is 3.86. The molecule has 0 unspecified atom stereocenters. The molecule has 4 heteroatoms. The summed E-state index contributed by atoms with van der Waals surface area (Å²) in [5.41, 5.74) is 0.831. The molecule has 1 N–H and O–H groups in total. The van der Waals surface area contributed by atoms with Crippen LogP contribution in [0.4, 0.5) is 0 Å². The van der Waals surface area contributed by atoms with Gasteiger partial charge in [-0.2, -0.15) is 0 Å². The maximum Gasteiger partial charge on any atom is 0.346 e. The molecule has 0 aliphatic carbocycles. The molecule has 0 aromatic carbocycles. The number of hydrogen-bond donors (Lipinski definition) is 1. The molecule has 0 atom stereocenters. The quantitative estimate of drug-likeness (QED) is 0.804. The van der Waals surface area contributed by atoms with Gasteiger partial charge in [-0.05, 0) is 23.5 Å². The van der Waals surface area contributed by atoms with Crippen molar-refractivity contribution < 1.29 is 14.7 Å². The van der Waals surface area contributed by atoms with Gasteiger partial charge in [0.15, 0.2) is 6.29 Å². The molecule has 0 fully saturated rings. The Labute approximate surface area is 99.1 Å². The Morgan fingerprint density at radius 3 is 2.62 bits per heavy atom. The standard InChI is InChI=1S/C12H16O3S/c1-4-12(2,3)6-8-5-9(7-13)16-10(8)11(14)15/h5,7H,4,6H2,1-3H3,(H,14,15). The van der Waals surface area contributed by atoms with Crippen LogP contribution < -0.4 is 0 Å². The van der Waals surface area contributed by atoms with Gasteiger partial charge in [-0.25, -0.2) is 4.79 Å². The molecular formula is C12H16O3S. The Morgan fingerprint density at radius 1 is 1.56 bits per heavy atom. The van der Waals surface area contributed by atoms with E-state index in [1.807, 2.05) is 0 Å². The van der Waals surface area contributed by atoms with E-state index in [2.05, 4.69) is 20.8 Å². The number of hydrogen-bond acceptors (Lipinski definition) is 3. The van der Waals surface area contributed by atoms with Crippen LogP contribution in [0, 0.1) is 5.41 Å². The normalized spacial score (nSPS) is 11.4. The average Bonchev–Trinajstić information content (AvgIpc) is 2.60. The fourth-order valence-corrected chi connectivity index (χ4v) is 2.30. The summed E-state index contributed by atoms with van der Waals surface area (Å²) in [7, 11) is 0. The molecule has 1 rings (SSSR count). The minimum Gasteiger partial charge on any atom is -0.477 e. The van der Waals surface area contributed by atoms with Crippen LogP contribution in [-0.2, 0) is 6.42 Å². The minimum atomic E-state index is -0.944. The van der Waals surface area contributed by atoms with E-state index >= 15 is 0 Å². The summed E-state index contributed by atoms with van der Waals surface area (Å²) in [6, 6.07) is 1.69. The molecule has 1 heterocycles. The molecule has 1 aromatic rings. The third kappa shape index (κ3) is 2.92. The number of carbonyl (C=O) groups excluding carboxylic acids is 1. The van der Waals surface area contributed by atoms with Gasteiger partial charge in [-0.15, -0.1) is 11.3 Å². The van der Waals surface area contributed by atoms with E-state index in [4.69, 9.17) is 5.11 Å². The highest BCUT2D eigenvalue weighted by Gasteiger charge is 2.22. The summed E-state index contributed by atoms with van der Waals surface area (Å²) in [5, 5.41) is 9.04. The average molecular weight is 240 g/mol. The summed E-state index contributed by atoms with van der Waals surface area (Å²) in [6.07, 6.45) is 2.37. The van der Waals surface area contributed by atoms with Crippen LogP contribution in [0.15, 0.2) is 6.07 Å². The number of aldehydes is 1. The molecule has 0 radical (unpaired) electrons. The van der Waals surface area contributed by atoms with Crippen molar-refractivity contribution in [1.29, 1.82) is 0 Å². The summed E-state index contributed by atoms with van der Waals surface area (Å²) in [4.78, 5) is 22.4. The maximum absolute atomic E-state index is 11.0. The number of carboxylic acid groups (broad SMARTS) is 1. The van der Waals surface area contributed by atoms with Crippen LogP contribution in [-0.4, -0.2) is 17.4 Å². The second-order valence-corrected chi connectivity index (χ2v) is 5.70. The molecule has 0 aliphatic heterocycles. The Hall–Kier alpha value is -1.16. The van der Waals surface area contributed by atoms with E-state index in [1.165, 1.54) is 0 Å².